The summed E-state index contributed by atoms with van der Waals surface area (Å²) < 4.78 is 0. The molecule has 4 aliphatic rings. The van der Waals surface area contributed by atoms with Crippen molar-refractivity contribution in [3.8, 4) is 0 Å². The summed E-state index contributed by atoms with van der Waals surface area (Å²) in [7, 11) is 0. The number of aryl methyl sites for hydroxylation is 1. The summed E-state index contributed by atoms with van der Waals surface area (Å²) in [5, 5.41) is 4.66. The minimum Gasteiger partial charge on any atom is -0.351 e. The van der Waals surface area contributed by atoms with Crippen molar-refractivity contribution in [2.75, 3.05) is 25.4 Å². The third-order valence-electron chi connectivity index (χ3n) is 7.82. The SMILES string of the molecule is Cc1ccc(C2(C(=O)NC3CCCCCC3)CS/C(N3CCCC3)=N\CC3=CC(C)N32)cc1. The summed E-state index contributed by atoms with van der Waals surface area (Å²) in [6.45, 7) is 7.15. The van der Waals surface area contributed by atoms with Crippen LogP contribution in [-0.4, -0.2) is 58.3 Å². The van der Waals surface area contributed by atoms with E-state index in [-0.39, 0.29) is 18.0 Å². The number of benzene rings is 1. The van der Waals surface area contributed by atoms with Gasteiger partial charge in [0.1, 0.15) is 0 Å². The maximum absolute atomic E-state index is 14.4. The average molecular weight is 467 g/mol. The molecule has 1 aliphatic carbocycles. The van der Waals surface area contributed by atoms with Crippen molar-refractivity contribution in [1.29, 1.82) is 0 Å². The third-order valence-corrected chi connectivity index (χ3v) is 9.03. The molecule has 0 aromatic heterocycles. The van der Waals surface area contributed by atoms with E-state index in [0.717, 1.165) is 36.7 Å². The first kappa shape index (κ1) is 22.8. The van der Waals surface area contributed by atoms with Crippen LogP contribution in [0.4, 0.5) is 0 Å². The number of nitrogens with zero attached hydrogens (tertiary/aromatic N) is 3. The number of carbonyl (C=O) groups is 1. The van der Waals surface area contributed by atoms with Gasteiger partial charge in [-0.3, -0.25) is 9.79 Å². The lowest BCUT2D eigenvalue weighted by Gasteiger charge is -2.53. The van der Waals surface area contributed by atoms with Gasteiger partial charge in [-0.2, -0.15) is 0 Å². The van der Waals surface area contributed by atoms with Crippen LogP contribution in [0.3, 0.4) is 0 Å². The molecule has 2 fully saturated rings. The van der Waals surface area contributed by atoms with Gasteiger partial charge in [0.15, 0.2) is 10.7 Å². The highest BCUT2D eigenvalue weighted by Crippen LogP contribution is 2.44. The number of hydrogen-bond donors (Lipinski definition) is 1. The fourth-order valence-corrected chi connectivity index (χ4v) is 7.25. The molecule has 3 heterocycles. The van der Waals surface area contributed by atoms with Crippen LogP contribution in [0, 0.1) is 6.92 Å². The zero-order chi connectivity index (χ0) is 22.8. The smallest absolute Gasteiger partial charge is 0.251 e. The van der Waals surface area contributed by atoms with Crippen LogP contribution in [0.15, 0.2) is 41.0 Å². The Labute approximate surface area is 203 Å². The molecule has 1 aromatic rings. The second kappa shape index (κ2) is 9.73. The van der Waals surface area contributed by atoms with Gasteiger partial charge >= 0.3 is 0 Å². The quantitative estimate of drug-likeness (QED) is 0.649. The molecule has 6 heteroatoms. The molecular weight excluding hydrogens is 428 g/mol. The number of aliphatic imine (C=N–C) groups is 1. The zero-order valence-corrected chi connectivity index (χ0v) is 21.0. The third kappa shape index (κ3) is 4.43. The monoisotopic (exact) mass is 466 g/mol. The lowest BCUT2D eigenvalue weighted by molar-refractivity contribution is -0.134. The highest BCUT2D eigenvalue weighted by atomic mass is 32.2. The fraction of sp³-hybridized carbons (Fsp3) is 0.630. The first-order valence-corrected chi connectivity index (χ1v) is 13.9. The van der Waals surface area contributed by atoms with Crippen molar-refractivity contribution in [3.63, 3.8) is 0 Å². The highest BCUT2D eigenvalue weighted by Gasteiger charge is 2.52. The van der Waals surface area contributed by atoms with E-state index in [9.17, 15) is 4.79 Å². The molecule has 33 heavy (non-hydrogen) atoms. The Kier molecular flexibility index (Phi) is 6.73. The molecule has 0 spiro atoms. The summed E-state index contributed by atoms with van der Waals surface area (Å²) in [6, 6.07) is 9.18. The Morgan fingerprint density at radius 1 is 1.06 bits per heavy atom. The number of nitrogens with one attached hydrogen (secondary N) is 1. The molecule has 0 bridgehead atoms. The molecular formula is C27H38N4OS. The zero-order valence-electron chi connectivity index (χ0n) is 20.2. The van der Waals surface area contributed by atoms with Gasteiger partial charge in [0.25, 0.3) is 5.91 Å². The number of rotatable bonds is 3. The molecule has 5 nitrogen and oxygen atoms in total. The van der Waals surface area contributed by atoms with Crippen LogP contribution in [0.2, 0.25) is 0 Å². The molecule has 1 aromatic carbocycles. The predicted molar refractivity (Wildman–Crippen MR) is 137 cm³/mol. The molecule has 0 radical (unpaired) electrons. The summed E-state index contributed by atoms with van der Waals surface area (Å²) in [6.07, 6.45) is 12.0. The predicted octanol–water partition coefficient (Wildman–Crippen LogP) is 4.82. The Hall–Kier alpha value is -1.95. The van der Waals surface area contributed by atoms with Crippen LogP contribution < -0.4 is 5.32 Å². The van der Waals surface area contributed by atoms with Crippen LogP contribution in [0.5, 0.6) is 0 Å². The van der Waals surface area contributed by atoms with Crippen LogP contribution in [0.25, 0.3) is 0 Å². The Morgan fingerprint density at radius 3 is 2.42 bits per heavy atom. The largest absolute Gasteiger partial charge is 0.351 e. The summed E-state index contributed by atoms with van der Waals surface area (Å²) >= 11 is 1.78. The topological polar surface area (TPSA) is 47.9 Å². The Bertz CT molecular complexity index is 913. The van der Waals surface area contributed by atoms with Crippen molar-refractivity contribution in [2.24, 2.45) is 4.99 Å². The van der Waals surface area contributed by atoms with Gasteiger partial charge in [0.05, 0.1) is 6.54 Å². The number of hydrogen-bond acceptors (Lipinski definition) is 5. The summed E-state index contributed by atoms with van der Waals surface area (Å²) in [5.74, 6) is 0.858. The summed E-state index contributed by atoms with van der Waals surface area (Å²) in [5.41, 5.74) is 2.81. The number of amidine groups is 1. The number of likely N-dealkylation sites (tertiary alicyclic amines) is 1. The Morgan fingerprint density at radius 2 is 1.76 bits per heavy atom. The van der Waals surface area contributed by atoms with Gasteiger partial charge in [0, 0.05) is 36.6 Å². The molecule has 178 valence electrons. The van der Waals surface area contributed by atoms with Crippen molar-refractivity contribution in [2.45, 2.75) is 82.8 Å². The van der Waals surface area contributed by atoms with Crippen molar-refractivity contribution in [3.05, 3.63) is 47.2 Å². The molecule has 3 aliphatic heterocycles. The van der Waals surface area contributed by atoms with Crippen molar-refractivity contribution in [1.82, 2.24) is 15.1 Å². The molecule has 2 unspecified atom stereocenters. The van der Waals surface area contributed by atoms with Gasteiger partial charge in [-0.15, -0.1) is 0 Å². The minimum atomic E-state index is -0.713. The minimum absolute atomic E-state index is 0.172. The molecule has 1 saturated heterocycles. The van der Waals surface area contributed by atoms with Crippen molar-refractivity contribution >= 4 is 22.8 Å². The lowest BCUT2D eigenvalue weighted by Crippen LogP contribution is -2.64. The first-order chi connectivity index (χ1) is 16.1. The van der Waals surface area contributed by atoms with Crippen LogP contribution in [-0.2, 0) is 10.3 Å². The van der Waals surface area contributed by atoms with E-state index >= 15 is 0 Å². The highest BCUT2D eigenvalue weighted by molar-refractivity contribution is 8.13. The molecule has 1 N–H and O–H groups in total. The van der Waals surface area contributed by atoms with E-state index in [1.807, 2.05) is 0 Å². The fourth-order valence-electron chi connectivity index (χ4n) is 5.95. The van der Waals surface area contributed by atoms with Gasteiger partial charge in [0.2, 0.25) is 0 Å². The molecule has 1 saturated carbocycles. The lowest BCUT2D eigenvalue weighted by atomic mass is 9.83. The number of thioether (sulfide) groups is 1. The standard InChI is InChI=1S/C27H38N4OS/c1-20-11-13-22(14-12-20)27(25(32)29-23-9-5-3-4-6-10-23)19-33-26(30-15-7-8-16-30)28-18-24-17-21(2)31(24)27/h11-14,17,21,23H,3-10,15-16,18-19H2,1-2H3,(H,29,32)/b28-26-. The van der Waals surface area contributed by atoms with E-state index in [2.05, 4.69) is 59.3 Å². The number of carbonyl (C=O) groups excluding carboxylic acids is 1. The first-order valence-electron chi connectivity index (χ1n) is 12.9. The van der Waals surface area contributed by atoms with E-state index < -0.39 is 5.54 Å². The summed E-state index contributed by atoms with van der Waals surface area (Å²) in [4.78, 5) is 24.2. The van der Waals surface area contributed by atoms with Crippen LogP contribution >= 0.6 is 11.8 Å². The maximum atomic E-state index is 14.4. The van der Waals surface area contributed by atoms with Gasteiger partial charge < -0.3 is 15.1 Å². The molecule has 2 atom stereocenters. The number of amides is 1. The van der Waals surface area contributed by atoms with Gasteiger partial charge in [-0.25, -0.2) is 0 Å². The maximum Gasteiger partial charge on any atom is 0.251 e. The second-order valence-corrected chi connectivity index (χ2v) is 11.2. The normalized spacial score (nSPS) is 30.2. The van der Waals surface area contributed by atoms with Crippen molar-refractivity contribution < 1.29 is 4.79 Å². The van der Waals surface area contributed by atoms with E-state index in [1.165, 1.54) is 49.8 Å². The van der Waals surface area contributed by atoms with Crippen LogP contribution in [0.1, 0.15) is 69.4 Å². The molecule has 5 rings (SSSR count). The Balaban J connectivity index is 1.53. The van der Waals surface area contributed by atoms with Gasteiger partial charge in [-0.1, -0.05) is 67.3 Å². The van der Waals surface area contributed by atoms with Gasteiger partial charge in [-0.05, 0) is 51.2 Å². The van der Waals surface area contributed by atoms with E-state index in [0.29, 0.717) is 12.3 Å². The second-order valence-electron chi connectivity index (χ2n) is 10.2. The van der Waals surface area contributed by atoms with E-state index in [4.69, 9.17) is 4.99 Å². The number of fused-ring (bicyclic) bond motifs is 1. The molecule has 1 amide bonds. The average Bonchev–Trinajstić information content (AvgIpc) is 3.21. The van der Waals surface area contributed by atoms with E-state index in [1.54, 1.807) is 11.8 Å².